The van der Waals surface area contributed by atoms with E-state index in [4.69, 9.17) is 5.73 Å². The average molecular weight is 320 g/mol. The van der Waals surface area contributed by atoms with Gasteiger partial charge in [-0.1, -0.05) is 0 Å². The predicted octanol–water partition coefficient (Wildman–Crippen LogP) is 2.08. The van der Waals surface area contributed by atoms with Crippen LogP contribution >= 0.6 is 11.3 Å². The number of nitrogens with one attached hydrogen (secondary N) is 1. The number of rotatable bonds is 4. The first kappa shape index (κ1) is 15.1. The van der Waals surface area contributed by atoms with E-state index in [2.05, 4.69) is 15.2 Å². The molecule has 0 bridgehead atoms. The van der Waals surface area contributed by atoms with Crippen LogP contribution in [0.5, 0.6) is 0 Å². The van der Waals surface area contributed by atoms with Crippen LogP contribution in [-0.2, 0) is 0 Å². The second-order valence-corrected chi connectivity index (χ2v) is 6.49. The fraction of sp³-hybridized carbons (Fsp3) is 0.467. The first-order chi connectivity index (χ1) is 10.6. The van der Waals surface area contributed by atoms with Gasteiger partial charge in [-0.05, 0) is 19.8 Å². The van der Waals surface area contributed by atoms with Crippen LogP contribution in [0.2, 0.25) is 0 Å². The van der Waals surface area contributed by atoms with Gasteiger partial charge in [0.25, 0.3) is 0 Å². The number of hydrogen-bond donors (Lipinski definition) is 3. The number of pyridine rings is 1. The van der Waals surface area contributed by atoms with E-state index < -0.39 is 0 Å². The van der Waals surface area contributed by atoms with E-state index in [-0.39, 0.29) is 6.10 Å². The van der Waals surface area contributed by atoms with Gasteiger partial charge in [0.1, 0.15) is 10.6 Å². The minimum absolute atomic E-state index is 0.215. The Bertz CT molecular complexity index is 692. The molecule has 1 saturated heterocycles. The number of nitrogen functional groups attached to an aromatic ring is 1. The number of carbonyl (C=O) groups is 1. The number of anilines is 3. The molecule has 6 nitrogen and oxygen atoms in total. The first-order valence-corrected chi connectivity index (χ1v) is 8.30. The van der Waals surface area contributed by atoms with Crippen LogP contribution in [0, 0.1) is 0 Å². The molecule has 22 heavy (non-hydrogen) atoms. The molecule has 2 aromatic heterocycles. The van der Waals surface area contributed by atoms with Crippen LogP contribution < -0.4 is 16.0 Å². The lowest BCUT2D eigenvalue weighted by Crippen LogP contribution is -2.36. The van der Waals surface area contributed by atoms with Crippen LogP contribution in [0.25, 0.3) is 10.2 Å². The van der Waals surface area contributed by atoms with E-state index >= 15 is 0 Å². The first-order valence-electron chi connectivity index (χ1n) is 7.49. The minimum Gasteiger partial charge on any atom is -0.397 e. The normalized spacial score (nSPS) is 16.2. The highest BCUT2D eigenvalue weighted by atomic mass is 32.1. The van der Waals surface area contributed by atoms with Crippen molar-refractivity contribution in [1.29, 1.82) is 0 Å². The smallest absolute Gasteiger partial charge is 0.162 e. The van der Waals surface area contributed by atoms with E-state index in [1.54, 1.807) is 0 Å². The fourth-order valence-corrected chi connectivity index (χ4v) is 3.73. The monoisotopic (exact) mass is 320 g/mol. The molecule has 0 radical (unpaired) electrons. The molecule has 0 amide bonds. The third kappa shape index (κ3) is 2.62. The van der Waals surface area contributed by atoms with Gasteiger partial charge in [-0.3, -0.25) is 4.79 Å². The molecule has 3 rings (SSSR count). The molecule has 0 atom stereocenters. The third-order valence-electron chi connectivity index (χ3n) is 3.98. The highest BCUT2D eigenvalue weighted by Crippen LogP contribution is 2.38. The summed E-state index contributed by atoms with van der Waals surface area (Å²) < 4.78 is 0. The molecule has 1 aliphatic rings. The summed E-state index contributed by atoms with van der Waals surface area (Å²) in [5.74, 6) is 0.869. The molecule has 0 aliphatic carbocycles. The van der Waals surface area contributed by atoms with Crippen molar-refractivity contribution >= 4 is 45.0 Å². The highest BCUT2D eigenvalue weighted by molar-refractivity contribution is 7.21. The number of aliphatic hydroxyl groups is 1. The van der Waals surface area contributed by atoms with E-state index in [0.29, 0.717) is 10.6 Å². The quantitative estimate of drug-likeness (QED) is 0.747. The van der Waals surface area contributed by atoms with Crippen molar-refractivity contribution < 1.29 is 9.90 Å². The van der Waals surface area contributed by atoms with Gasteiger partial charge >= 0.3 is 0 Å². The molecule has 118 valence electrons. The summed E-state index contributed by atoms with van der Waals surface area (Å²) in [7, 11) is 0. The van der Waals surface area contributed by atoms with Gasteiger partial charge in [0, 0.05) is 25.7 Å². The topological polar surface area (TPSA) is 91.5 Å². The predicted molar refractivity (Wildman–Crippen MR) is 91.0 cm³/mol. The Labute approximate surface area is 132 Å². The van der Waals surface area contributed by atoms with Crippen LogP contribution in [0.1, 0.15) is 29.4 Å². The Morgan fingerprint density at radius 2 is 2.27 bits per heavy atom. The highest BCUT2D eigenvalue weighted by Gasteiger charge is 2.21. The number of nitrogens with two attached hydrogens (primary N) is 1. The van der Waals surface area contributed by atoms with Crippen LogP contribution in [0.3, 0.4) is 0 Å². The number of carbonyl (C=O) groups excluding carboxylic acids is 1. The maximum atomic E-state index is 11.1. The number of thiophene rings is 1. The molecular weight excluding hydrogens is 300 g/mol. The van der Waals surface area contributed by atoms with Crippen molar-refractivity contribution in [2.24, 2.45) is 0 Å². The third-order valence-corrected chi connectivity index (χ3v) is 5.00. The maximum absolute atomic E-state index is 11.1. The van der Waals surface area contributed by atoms with E-state index in [1.807, 2.05) is 13.0 Å². The Balaban J connectivity index is 2.06. The second kappa shape index (κ2) is 6.10. The summed E-state index contributed by atoms with van der Waals surface area (Å²) in [6.07, 6.45) is 2.08. The number of hydrogen-bond acceptors (Lipinski definition) is 7. The SMILES string of the molecule is CCNc1cc(N2CCC(O)CC2)nc2sc(C=O)c(N)c12. The van der Waals surface area contributed by atoms with E-state index in [0.717, 1.165) is 60.5 Å². The van der Waals surface area contributed by atoms with Crippen molar-refractivity contribution in [1.82, 2.24) is 4.98 Å². The molecule has 1 aliphatic heterocycles. The molecule has 2 aromatic rings. The lowest BCUT2D eigenvalue weighted by atomic mass is 10.1. The maximum Gasteiger partial charge on any atom is 0.162 e. The van der Waals surface area contributed by atoms with Gasteiger partial charge < -0.3 is 21.1 Å². The number of fused-ring (bicyclic) bond motifs is 1. The van der Waals surface area contributed by atoms with Crippen LogP contribution in [-0.4, -0.2) is 42.1 Å². The summed E-state index contributed by atoms with van der Waals surface area (Å²) in [5.41, 5.74) is 7.49. The molecule has 0 spiro atoms. The lowest BCUT2D eigenvalue weighted by molar-refractivity contribution is 0.112. The summed E-state index contributed by atoms with van der Waals surface area (Å²) in [5, 5.41) is 13.8. The number of piperidine rings is 1. The molecule has 0 saturated carbocycles. The molecular formula is C15H20N4O2S. The minimum atomic E-state index is -0.215. The summed E-state index contributed by atoms with van der Waals surface area (Å²) in [6, 6.07) is 1.99. The number of aromatic nitrogens is 1. The molecule has 0 aromatic carbocycles. The van der Waals surface area contributed by atoms with Crippen LogP contribution in [0.4, 0.5) is 17.2 Å². The molecule has 3 heterocycles. The van der Waals surface area contributed by atoms with Gasteiger partial charge in [0.2, 0.25) is 0 Å². The zero-order valence-corrected chi connectivity index (χ0v) is 13.3. The van der Waals surface area contributed by atoms with Gasteiger partial charge in [0.05, 0.1) is 27.7 Å². The number of aldehydes is 1. The Hall–Kier alpha value is -1.86. The van der Waals surface area contributed by atoms with Gasteiger partial charge in [-0.2, -0.15) is 0 Å². The average Bonchev–Trinajstić information content (AvgIpc) is 2.85. The Kier molecular flexibility index (Phi) is 4.17. The van der Waals surface area contributed by atoms with Crippen molar-refractivity contribution in [3.63, 3.8) is 0 Å². The summed E-state index contributed by atoms with van der Waals surface area (Å²) >= 11 is 1.32. The molecule has 1 fully saturated rings. The number of aliphatic hydroxyl groups excluding tert-OH is 1. The molecule has 0 unspecified atom stereocenters. The summed E-state index contributed by atoms with van der Waals surface area (Å²) in [6.45, 7) is 4.36. The fourth-order valence-electron chi connectivity index (χ4n) is 2.80. The molecule has 4 N–H and O–H groups in total. The largest absolute Gasteiger partial charge is 0.397 e. The van der Waals surface area contributed by atoms with Gasteiger partial charge in [0.15, 0.2) is 6.29 Å². The zero-order valence-electron chi connectivity index (χ0n) is 12.5. The van der Waals surface area contributed by atoms with E-state index in [9.17, 15) is 9.90 Å². The van der Waals surface area contributed by atoms with Crippen LogP contribution in [0.15, 0.2) is 6.07 Å². The van der Waals surface area contributed by atoms with Crippen molar-refractivity contribution in [3.8, 4) is 0 Å². The zero-order chi connectivity index (χ0) is 15.7. The molecule has 7 heteroatoms. The van der Waals surface area contributed by atoms with Gasteiger partial charge in [-0.15, -0.1) is 11.3 Å². The van der Waals surface area contributed by atoms with E-state index in [1.165, 1.54) is 11.3 Å². The van der Waals surface area contributed by atoms with Crippen molar-refractivity contribution in [3.05, 3.63) is 10.9 Å². The Morgan fingerprint density at radius 3 is 2.91 bits per heavy atom. The van der Waals surface area contributed by atoms with Gasteiger partial charge in [-0.25, -0.2) is 4.98 Å². The standard InChI is InChI=1S/C15H20N4O2S/c1-2-17-10-7-12(19-5-3-9(21)4-6-19)18-15-13(10)14(16)11(8-20)22-15/h7-9,21H,2-6,16H2,1H3,(H,17,18). The second-order valence-electron chi connectivity index (χ2n) is 5.45. The lowest BCUT2D eigenvalue weighted by Gasteiger charge is -2.30. The van der Waals surface area contributed by atoms with Crippen molar-refractivity contribution in [2.75, 3.05) is 35.6 Å². The van der Waals surface area contributed by atoms with Crippen molar-refractivity contribution in [2.45, 2.75) is 25.9 Å². The summed E-state index contributed by atoms with van der Waals surface area (Å²) in [4.78, 5) is 19.3. The number of nitrogens with zero attached hydrogens (tertiary/aromatic N) is 2. The Morgan fingerprint density at radius 1 is 1.55 bits per heavy atom.